The maximum Gasteiger partial charge on any atom is 0.121 e. The van der Waals surface area contributed by atoms with Crippen LogP contribution in [0.25, 0.3) is 0 Å². The number of aryl methyl sites for hydroxylation is 2. The summed E-state index contributed by atoms with van der Waals surface area (Å²) in [4.78, 5) is 0. The molecule has 2 N–H and O–H groups in total. The summed E-state index contributed by atoms with van der Waals surface area (Å²) < 4.78 is 7.11. The molecule has 0 saturated carbocycles. The summed E-state index contributed by atoms with van der Waals surface area (Å²) in [5.41, 5.74) is 6.85. The predicted molar refractivity (Wildman–Crippen MR) is 55.1 cm³/mol. The van der Waals surface area contributed by atoms with Crippen LogP contribution in [0.3, 0.4) is 0 Å². The van der Waals surface area contributed by atoms with Crippen LogP contribution < -0.4 is 5.73 Å². The minimum absolute atomic E-state index is 0.157. The largest absolute Gasteiger partial charge is 0.465 e. The minimum atomic E-state index is -0.157. The second-order valence-electron chi connectivity index (χ2n) is 3.64. The number of furan rings is 1. The Labute approximate surface area is 87.9 Å². The lowest BCUT2D eigenvalue weighted by molar-refractivity contribution is 0.443. The molecule has 2 aromatic heterocycles. The van der Waals surface area contributed by atoms with Crippen LogP contribution in [0.1, 0.15) is 23.3 Å². The van der Waals surface area contributed by atoms with Crippen LogP contribution in [0, 0.1) is 6.92 Å². The summed E-state index contributed by atoms with van der Waals surface area (Å²) in [5, 5.41) is 7.83. The first-order valence-electron chi connectivity index (χ1n) is 4.82. The first-order valence-corrected chi connectivity index (χ1v) is 4.82. The van der Waals surface area contributed by atoms with Crippen molar-refractivity contribution in [3.8, 4) is 0 Å². The molecule has 2 rings (SSSR count). The zero-order valence-corrected chi connectivity index (χ0v) is 8.84. The Hall–Kier alpha value is -1.62. The normalized spacial score (nSPS) is 13.0. The molecule has 0 aromatic carbocycles. The van der Waals surface area contributed by atoms with Gasteiger partial charge in [-0.3, -0.25) is 4.68 Å². The molecule has 5 heteroatoms. The fraction of sp³-hybridized carbons (Fsp3) is 0.400. The van der Waals surface area contributed by atoms with Crippen LogP contribution in [0.5, 0.6) is 0 Å². The molecule has 2 heterocycles. The molecule has 15 heavy (non-hydrogen) atoms. The Kier molecular flexibility index (Phi) is 2.55. The number of aromatic nitrogens is 3. The summed E-state index contributed by atoms with van der Waals surface area (Å²) in [6.07, 6.45) is 2.50. The van der Waals surface area contributed by atoms with Crippen molar-refractivity contribution in [1.29, 1.82) is 0 Å². The third-order valence-corrected chi connectivity index (χ3v) is 2.21. The second kappa shape index (κ2) is 3.86. The fourth-order valence-corrected chi connectivity index (χ4v) is 1.47. The van der Waals surface area contributed by atoms with E-state index >= 15 is 0 Å². The van der Waals surface area contributed by atoms with Crippen molar-refractivity contribution in [2.75, 3.05) is 0 Å². The zero-order valence-electron chi connectivity index (χ0n) is 8.84. The van der Waals surface area contributed by atoms with Crippen LogP contribution in [0.2, 0.25) is 0 Å². The van der Waals surface area contributed by atoms with Gasteiger partial charge in [0.25, 0.3) is 0 Å². The van der Waals surface area contributed by atoms with Crippen molar-refractivity contribution in [2.45, 2.75) is 19.4 Å². The van der Waals surface area contributed by atoms with E-state index in [1.165, 1.54) is 0 Å². The molecule has 0 fully saturated rings. The van der Waals surface area contributed by atoms with E-state index in [-0.39, 0.29) is 6.04 Å². The number of nitrogens with zero attached hydrogens (tertiary/aromatic N) is 3. The maximum absolute atomic E-state index is 5.98. The van der Waals surface area contributed by atoms with Gasteiger partial charge >= 0.3 is 0 Å². The third-order valence-electron chi connectivity index (χ3n) is 2.21. The second-order valence-corrected chi connectivity index (χ2v) is 3.64. The van der Waals surface area contributed by atoms with Gasteiger partial charge in [0.2, 0.25) is 0 Å². The number of hydrogen-bond acceptors (Lipinski definition) is 4. The van der Waals surface area contributed by atoms with Gasteiger partial charge in [0.15, 0.2) is 0 Å². The molecule has 0 aliphatic carbocycles. The fourth-order valence-electron chi connectivity index (χ4n) is 1.47. The van der Waals surface area contributed by atoms with Crippen LogP contribution in [-0.4, -0.2) is 15.0 Å². The molecular weight excluding hydrogens is 192 g/mol. The lowest BCUT2D eigenvalue weighted by atomic mass is 10.1. The Morgan fingerprint density at radius 3 is 2.87 bits per heavy atom. The van der Waals surface area contributed by atoms with Crippen molar-refractivity contribution in [3.05, 3.63) is 35.5 Å². The van der Waals surface area contributed by atoms with Crippen LogP contribution in [0.4, 0.5) is 0 Å². The SMILES string of the molecule is Cc1ccc(C(N)Cc2cn(C)nn2)o1. The number of rotatable bonds is 3. The summed E-state index contributed by atoms with van der Waals surface area (Å²) >= 11 is 0. The van der Waals surface area contributed by atoms with E-state index < -0.39 is 0 Å². The highest BCUT2D eigenvalue weighted by atomic mass is 16.3. The van der Waals surface area contributed by atoms with E-state index in [0.717, 1.165) is 17.2 Å². The van der Waals surface area contributed by atoms with Crippen LogP contribution >= 0.6 is 0 Å². The van der Waals surface area contributed by atoms with Crippen LogP contribution in [0.15, 0.2) is 22.7 Å². The molecule has 5 nitrogen and oxygen atoms in total. The molecule has 0 radical (unpaired) electrons. The lowest BCUT2D eigenvalue weighted by Gasteiger charge is -2.05. The monoisotopic (exact) mass is 206 g/mol. The zero-order chi connectivity index (χ0) is 10.8. The van der Waals surface area contributed by atoms with Gasteiger partial charge in [0.1, 0.15) is 11.5 Å². The Morgan fingerprint density at radius 1 is 1.53 bits per heavy atom. The summed E-state index contributed by atoms with van der Waals surface area (Å²) in [6.45, 7) is 1.90. The van der Waals surface area contributed by atoms with Crippen molar-refractivity contribution in [1.82, 2.24) is 15.0 Å². The molecule has 2 aromatic rings. The van der Waals surface area contributed by atoms with Crippen molar-refractivity contribution in [3.63, 3.8) is 0 Å². The van der Waals surface area contributed by atoms with Gasteiger partial charge in [0.05, 0.1) is 11.7 Å². The van der Waals surface area contributed by atoms with E-state index in [0.29, 0.717) is 6.42 Å². The predicted octanol–water partition coefficient (Wildman–Crippen LogP) is 0.959. The number of nitrogens with two attached hydrogens (primary N) is 1. The average Bonchev–Trinajstić information content (AvgIpc) is 2.75. The Balaban J connectivity index is 2.06. The Bertz CT molecular complexity index is 446. The topological polar surface area (TPSA) is 69.9 Å². The van der Waals surface area contributed by atoms with Crippen LogP contribution in [-0.2, 0) is 13.5 Å². The van der Waals surface area contributed by atoms with Crippen molar-refractivity contribution in [2.24, 2.45) is 12.8 Å². The molecule has 0 spiro atoms. The summed E-state index contributed by atoms with van der Waals surface area (Å²) in [5.74, 6) is 1.66. The highest BCUT2D eigenvalue weighted by Crippen LogP contribution is 2.17. The molecule has 1 atom stereocenters. The average molecular weight is 206 g/mol. The molecule has 0 bridgehead atoms. The Morgan fingerprint density at radius 2 is 2.33 bits per heavy atom. The van der Waals surface area contributed by atoms with E-state index in [2.05, 4.69) is 10.3 Å². The molecule has 0 aliphatic heterocycles. The van der Waals surface area contributed by atoms with Gasteiger partial charge < -0.3 is 10.2 Å². The minimum Gasteiger partial charge on any atom is -0.465 e. The lowest BCUT2D eigenvalue weighted by Crippen LogP contribution is -2.12. The van der Waals surface area contributed by atoms with E-state index in [9.17, 15) is 0 Å². The molecular formula is C10H14N4O. The molecule has 1 unspecified atom stereocenters. The van der Waals surface area contributed by atoms with Crippen molar-refractivity contribution >= 4 is 0 Å². The van der Waals surface area contributed by atoms with E-state index in [1.807, 2.05) is 32.3 Å². The smallest absolute Gasteiger partial charge is 0.121 e. The van der Waals surface area contributed by atoms with E-state index in [1.54, 1.807) is 4.68 Å². The van der Waals surface area contributed by atoms with Crippen molar-refractivity contribution < 1.29 is 4.42 Å². The molecule has 0 aliphatic rings. The highest BCUT2D eigenvalue weighted by molar-refractivity contribution is 5.11. The van der Waals surface area contributed by atoms with Gasteiger partial charge in [-0.25, -0.2) is 0 Å². The standard InChI is InChI=1S/C10H14N4O/c1-7-3-4-10(15-7)9(11)5-8-6-14(2)13-12-8/h3-4,6,9H,5,11H2,1-2H3. The first-order chi connectivity index (χ1) is 7.15. The third kappa shape index (κ3) is 2.24. The van der Waals surface area contributed by atoms with Gasteiger partial charge in [-0.15, -0.1) is 5.10 Å². The first kappa shape index (κ1) is 9.92. The van der Waals surface area contributed by atoms with Gasteiger partial charge in [-0.1, -0.05) is 5.21 Å². The molecule has 0 saturated heterocycles. The highest BCUT2D eigenvalue weighted by Gasteiger charge is 2.12. The van der Waals surface area contributed by atoms with Gasteiger partial charge in [-0.2, -0.15) is 0 Å². The maximum atomic E-state index is 5.98. The number of hydrogen-bond donors (Lipinski definition) is 1. The van der Waals surface area contributed by atoms with Gasteiger partial charge in [-0.05, 0) is 19.1 Å². The molecule has 0 amide bonds. The quantitative estimate of drug-likeness (QED) is 0.812. The van der Waals surface area contributed by atoms with Gasteiger partial charge in [0, 0.05) is 19.7 Å². The molecule has 80 valence electrons. The summed E-state index contributed by atoms with van der Waals surface area (Å²) in [7, 11) is 1.83. The van der Waals surface area contributed by atoms with E-state index in [4.69, 9.17) is 10.2 Å². The summed E-state index contributed by atoms with van der Waals surface area (Å²) in [6, 6.07) is 3.65.